The van der Waals surface area contributed by atoms with Crippen LogP contribution in [0.15, 0.2) is 48.7 Å². The summed E-state index contributed by atoms with van der Waals surface area (Å²) < 4.78 is 0. The summed E-state index contributed by atoms with van der Waals surface area (Å²) in [6.07, 6.45) is 2.43. The summed E-state index contributed by atoms with van der Waals surface area (Å²) in [7, 11) is 5.04. The van der Waals surface area contributed by atoms with E-state index in [1.54, 1.807) is 32.1 Å². The molecule has 0 bridgehead atoms. The van der Waals surface area contributed by atoms with E-state index in [1.165, 1.54) is 0 Å². The van der Waals surface area contributed by atoms with Gasteiger partial charge in [-0.3, -0.25) is 9.59 Å². The number of fused-ring (bicyclic) bond motifs is 3. The van der Waals surface area contributed by atoms with Crippen LogP contribution in [0.25, 0.3) is 11.1 Å². The summed E-state index contributed by atoms with van der Waals surface area (Å²) in [6.45, 7) is 6.20. The number of nitriles is 1. The number of rotatable bonds is 9. The van der Waals surface area contributed by atoms with Gasteiger partial charge in [-0.05, 0) is 72.3 Å². The standard InChI is InChI=1S/C29H33N9O2/c1-18(38-13-5-6-21(38)16-30)17-32-12-11-29(28-33-35-36-34-28)24-9-7-19(26(39)31-2)14-22(24)23-15-20(8-10-25(23)29)27(40)37(3)4/h7-10,14-15,21,32H,1,5-6,11-13,17H2,2-4H3,(H,31,39)(H,33,34,35,36). The van der Waals surface area contributed by atoms with E-state index in [-0.39, 0.29) is 17.9 Å². The van der Waals surface area contributed by atoms with Crippen molar-refractivity contribution in [2.24, 2.45) is 0 Å². The molecule has 1 aliphatic heterocycles. The highest BCUT2D eigenvalue weighted by Crippen LogP contribution is 2.53. The van der Waals surface area contributed by atoms with Crippen LogP contribution in [0.2, 0.25) is 0 Å². The van der Waals surface area contributed by atoms with Crippen molar-refractivity contribution in [3.05, 3.63) is 76.8 Å². The van der Waals surface area contributed by atoms with Gasteiger partial charge in [-0.15, -0.1) is 10.2 Å². The van der Waals surface area contributed by atoms with Crippen molar-refractivity contribution in [2.75, 3.05) is 40.8 Å². The number of aromatic nitrogens is 4. The zero-order valence-electron chi connectivity index (χ0n) is 23.0. The first-order chi connectivity index (χ1) is 19.3. The maximum Gasteiger partial charge on any atom is 0.253 e. The average molecular weight is 540 g/mol. The van der Waals surface area contributed by atoms with Crippen LogP contribution in [0.5, 0.6) is 0 Å². The molecule has 206 valence electrons. The summed E-state index contributed by atoms with van der Waals surface area (Å²) in [6, 6.07) is 13.5. The van der Waals surface area contributed by atoms with Crippen molar-refractivity contribution in [1.82, 2.24) is 41.1 Å². The second-order valence-electron chi connectivity index (χ2n) is 10.4. The number of benzene rings is 2. The number of nitrogens with one attached hydrogen (secondary N) is 3. The van der Waals surface area contributed by atoms with Crippen molar-refractivity contribution in [2.45, 2.75) is 30.7 Å². The predicted octanol–water partition coefficient (Wildman–Crippen LogP) is 2.06. The van der Waals surface area contributed by atoms with Gasteiger partial charge in [0, 0.05) is 51.1 Å². The van der Waals surface area contributed by atoms with Crippen LogP contribution in [0.1, 0.15) is 56.9 Å². The molecule has 11 heteroatoms. The molecule has 0 saturated carbocycles. The molecule has 2 unspecified atom stereocenters. The topological polar surface area (TPSA) is 143 Å². The van der Waals surface area contributed by atoms with E-state index in [9.17, 15) is 14.9 Å². The number of H-pyrrole nitrogens is 1. The number of hydrogen-bond donors (Lipinski definition) is 3. The Labute approximate surface area is 233 Å². The number of amides is 2. The molecule has 11 nitrogen and oxygen atoms in total. The van der Waals surface area contributed by atoms with Crippen LogP contribution >= 0.6 is 0 Å². The van der Waals surface area contributed by atoms with Crippen LogP contribution in [0, 0.1) is 11.3 Å². The first-order valence-electron chi connectivity index (χ1n) is 13.3. The number of carbonyl (C=O) groups is 2. The first-order valence-corrected chi connectivity index (χ1v) is 13.3. The molecule has 1 aromatic heterocycles. The van der Waals surface area contributed by atoms with Gasteiger partial charge < -0.3 is 20.4 Å². The third-order valence-electron chi connectivity index (χ3n) is 7.93. The molecule has 0 radical (unpaired) electrons. The van der Waals surface area contributed by atoms with E-state index in [0.29, 0.717) is 36.5 Å². The van der Waals surface area contributed by atoms with Gasteiger partial charge in [0.05, 0.1) is 11.5 Å². The second-order valence-corrected chi connectivity index (χ2v) is 10.4. The highest BCUT2D eigenvalue weighted by atomic mass is 16.2. The number of likely N-dealkylation sites (tertiary alicyclic amines) is 1. The molecule has 1 fully saturated rings. The Hall–Kier alpha value is -4.56. The lowest BCUT2D eigenvalue weighted by Crippen LogP contribution is -2.36. The predicted molar refractivity (Wildman–Crippen MR) is 149 cm³/mol. The quantitative estimate of drug-likeness (QED) is 0.351. The summed E-state index contributed by atoms with van der Waals surface area (Å²) in [5, 5.41) is 31.0. The smallest absolute Gasteiger partial charge is 0.253 e. The largest absolute Gasteiger partial charge is 0.358 e. The molecule has 3 N–H and O–H groups in total. The van der Waals surface area contributed by atoms with E-state index in [0.717, 1.165) is 47.3 Å². The molecule has 2 heterocycles. The summed E-state index contributed by atoms with van der Waals surface area (Å²) >= 11 is 0. The number of aromatic amines is 1. The van der Waals surface area contributed by atoms with Crippen LogP contribution in [0.3, 0.4) is 0 Å². The van der Waals surface area contributed by atoms with Gasteiger partial charge in [-0.1, -0.05) is 23.9 Å². The van der Waals surface area contributed by atoms with E-state index in [1.807, 2.05) is 30.3 Å². The third kappa shape index (κ3) is 4.50. The first kappa shape index (κ1) is 27.0. The maximum absolute atomic E-state index is 12.9. The summed E-state index contributed by atoms with van der Waals surface area (Å²) in [5.74, 6) is 0.206. The maximum atomic E-state index is 12.9. The van der Waals surface area contributed by atoms with Crippen molar-refractivity contribution < 1.29 is 9.59 Å². The van der Waals surface area contributed by atoms with Crippen LogP contribution in [-0.4, -0.2) is 89.1 Å². The molecule has 2 amide bonds. The van der Waals surface area contributed by atoms with Gasteiger partial charge >= 0.3 is 0 Å². The second kappa shape index (κ2) is 10.9. The monoisotopic (exact) mass is 539 g/mol. The van der Waals surface area contributed by atoms with Gasteiger partial charge in [0.1, 0.15) is 6.04 Å². The summed E-state index contributed by atoms with van der Waals surface area (Å²) in [4.78, 5) is 29.0. The number of carbonyl (C=O) groups excluding carboxylic acids is 2. The van der Waals surface area contributed by atoms with Crippen molar-refractivity contribution >= 4 is 11.8 Å². The Morgan fingerprint density at radius 3 is 2.52 bits per heavy atom. The Morgan fingerprint density at radius 1 is 1.20 bits per heavy atom. The molecule has 3 aromatic rings. The zero-order valence-corrected chi connectivity index (χ0v) is 23.0. The fourth-order valence-corrected chi connectivity index (χ4v) is 5.95. The van der Waals surface area contributed by atoms with Crippen molar-refractivity contribution in [1.29, 1.82) is 5.26 Å². The minimum absolute atomic E-state index is 0.110. The molecule has 5 rings (SSSR count). The molecular formula is C29H33N9O2. The molecule has 2 aromatic carbocycles. The lowest BCUT2D eigenvalue weighted by molar-refractivity contribution is 0.0827. The molecule has 1 aliphatic carbocycles. The van der Waals surface area contributed by atoms with Gasteiger partial charge in [0.2, 0.25) is 0 Å². The number of tetrazole rings is 1. The van der Waals surface area contributed by atoms with Gasteiger partial charge in [-0.2, -0.15) is 10.5 Å². The van der Waals surface area contributed by atoms with Crippen LogP contribution < -0.4 is 10.6 Å². The highest BCUT2D eigenvalue weighted by Gasteiger charge is 2.48. The summed E-state index contributed by atoms with van der Waals surface area (Å²) in [5.41, 5.74) is 4.80. The molecule has 1 saturated heterocycles. The Balaban J connectivity index is 1.53. The highest BCUT2D eigenvalue weighted by molar-refractivity contribution is 5.99. The van der Waals surface area contributed by atoms with Crippen molar-refractivity contribution in [3.8, 4) is 17.2 Å². The normalized spacial score (nSPS) is 19.1. The molecule has 2 atom stereocenters. The van der Waals surface area contributed by atoms with Gasteiger partial charge in [-0.25, -0.2) is 0 Å². The lowest BCUT2D eigenvalue weighted by atomic mass is 9.74. The minimum Gasteiger partial charge on any atom is -0.358 e. The van der Waals surface area contributed by atoms with Crippen LogP contribution in [-0.2, 0) is 5.41 Å². The van der Waals surface area contributed by atoms with Gasteiger partial charge in [0.25, 0.3) is 11.8 Å². The van der Waals surface area contributed by atoms with E-state index in [4.69, 9.17) is 0 Å². The SMILES string of the molecule is C=C(CNCCC1(c2nn[nH]n2)c2ccc(C(=O)NC)cc2-c2cc(C(=O)N(C)C)ccc21)N1CCCC1C#N. The Bertz CT molecular complexity index is 1490. The van der Waals surface area contributed by atoms with E-state index in [2.05, 4.69) is 48.8 Å². The van der Waals surface area contributed by atoms with Crippen molar-refractivity contribution in [3.63, 3.8) is 0 Å². The zero-order chi connectivity index (χ0) is 28.4. The Kier molecular flexibility index (Phi) is 7.36. The minimum atomic E-state index is -0.768. The lowest BCUT2D eigenvalue weighted by Gasteiger charge is -2.30. The number of nitrogens with zero attached hydrogens (tertiary/aromatic N) is 6. The number of hydrogen-bond acceptors (Lipinski definition) is 8. The van der Waals surface area contributed by atoms with Crippen LogP contribution in [0.4, 0.5) is 0 Å². The van der Waals surface area contributed by atoms with E-state index < -0.39 is 5.41 Å². The Morgan fingerprint density at radius 2 is 1.90 bits per heavy atom. The molecular weight excluding hydrogens is 506 g/mol. The third-order valence-corrected chi connectivity index (χ3v) is 7.93. The average Bonchev–Trinajstić information content (AvgIpc) is 3.73. The van der Waals surface area contributed by atoms with Gasteiger partial charge in [0.15, 0.2) is 5.82 Å². The molecule has 2 aliphatic rings. The molecule has 0 spiro atoms. The molecule has 40 heavy (non-hydrogen) atoms. The fourth-order valence-electron chi connectivity index (χ4n) is 5.95. The van der Waals surface area contributed by atoms with E-state index >= 15 is 0 Å². The fraction of sp³-hybridized carbons (Fsp3) is 0.379.